The van der Waals surface area contributed by atoms with E-state index < -0.39 is 5.97 Å². The average molecular weight is 300 g/mol. The van der Waals surface area contributed by atoms with Crippen LogP contribution in [0.25, 0.3) is 0 Å². The number of hydrogen-bond acceptors (Lipinski definition) is 5. The lowest BCUT2D eigenvalue weighted by Gasteiger charge is -2.23. The van der Waals surface area contributed by atoms with Crippen molar-refractivity contribution in [1.29, 1.82) is 0 Å². The van der Waals surface area contributed by atoms with Crippen LogP contribution >= 0.6 is 11.8 Å². The second kappa shape index (κ2) is 8.84. The lowest BCUT2D eigenvalue weighted by molar-refractivity contribution is -0.133. The first kappa shape index (κ1) is 16.8. The number of rotatable bonds is 10. The van der Waals surface area contributed by atoms with E-state index >= 15 is 0 Å². The lowest BCUT2D eigenvalue weighted by atomic mass is 10.3. The molecule has 0 radical (unpaired) electrons. The minimum absolute atomic E-state index is 0.0173. The topological polar surface area (TPSA) is 71.2 Å². The van der Waals surface area contributed by atoms with E-state index in [9.17, 15) is 4.79 Å². The van der Waals surface area contributed by atoms with E-state index in [-0.39, 0.29) is 5.75 Å². The minimum atomic E-state index is -0.832. The quantitative estimate of drug-likeness (QED) is 0.669. The highest BCUT2D eigenvalue weighted by atomic mass is 32.2. The molecule has 0 aliphatic heterocycles. The molecule has 0 aliphatic rings. The fourth-order valence-electron chi connectivity index (χ4n) is 2.02. The Kier molecular flexibility index (Phi) is 7.43. The fourth-order valence-corrected chi connectivity index (χ4v) is 2.70. The molecule has 6 nitrogen and oxygen atoms in total. The van der Waals surface area contributed by atoms with Gasteiger partial charge in [0.2, 0.25) is 5.95 Å². The van der Waals surface area contributed by atoms with Gasteiger partial charge in [0.15, 0.2) is 5.16 Å². The van der Waals surface area contributed by atoms with E-state index in [1.54, 1.807) is 0 Å². The molecule has 20 heavy (non-hydrogen) atoms. The predicted molar refractivity (Wildman–Crippen MR) is 81.5 cm³/mol. The highest BCUT2D eigenvalue weighted by molar-refractivity contribution is 7.99. The molecule has 0 spiro atoms. The summed E-state index contributed by atoms with van der Waals surface area (Å²) in [6.45, 7) is 9.08. The summed E-state index contributed by atoms with van der Waals surface area (Å²) in [7, 11) is 0. The molecule has 0 aliphatic carbocycles. The molecular formula is C13H24N4O2S. The monoisotopic (exact) mass is 300 g/mol. The van der Waals surface area contributed by atoms with E-state index in [1.807, 2.05) is 4.57 Å². The molecule has 1 aromatic heterocycles. The van der Waals surface area contributed by atoms with Crippen molar-refractivity contribution in [2.75, 3.05) is 23.7 Å². The standard InChI is InChI=1S/C13H24N4O2S/c1-4-7-16(8-5-2)12-14-15-13(17(12)9-6-3)20-10-11(18)19/h4-10H2,1-3H3,(H,18,19). The zero-order valence-electron chi connectivity index (χ0n) is 12.5. The first-order valence-corrected chi connectivity index (χ1v) is 8.15. The zero-order chi connectivity index (χ0) is 15.0. The zero-order valence-corrected chi connectivity index (χ0v) is 13.3. The first-order valence-electron chi connectivity index (χ1n) is 7.16. The van der Waals surface area contributed by atoms with E-state index in [2.05, 4.69) is 35.9 Å². The number of aromatic nitrogens is 3. The smallest absolute Gasteiger partial charge is 0.313 e. The summed E-state index contributed by atoms with van der Waals surface area (Å²) in [4.78, 5) is 12.9. The molecule has 0 saturated heterocycles. The largest absolute Gasteiger partial charge is 0.481 e. The molecule has 114 valence electrons. The minimum Gasteiger partial charge on any atom is -0.481 e. The van der Waals surface area contributed by atoms with Crippen molar-refractivity contribution in [3.05, 3.63) is 0 Å². The van der Waals surface area contributed by atoms with Gasteiger partial charge in [-0.3, -0.25) is 9.36 Å². The van der Waals surface area contributed by atoms with Crippen LogP contribution in [-0.4, -0.2) is 44.7 Å². The van der Waals surface area contributed by atoms with Crippen LogP contribution in [0, 0.1) is 0 Å². The molecule has 1 heterocycles. The van der Waals surface area contributed by atoms with Crippen LogP contribution in [-0.2, 0) is 11.3 Å². The number of anilines is 1. The third kappa shape index (κ3) is 4.70. The molecule has 0 fully saturated rings. The second-order valence-electron chi connectivity index (χ2n) is 4.60. The third-order valence-electron chi connectivity index (χ3n) is 2.74. The maximum Gasteiger partial charge on any atom is 0.313 e. The summed E-state index contributed by atoms with van der Waals surface area (Å²) < 4.78 is 2.04. The number of hydrogen-bond donors (Lipinski definition) is 1. The molecule has 1 rings (SSSR count). The van der Waals surface area contributed by atoms with E-state index in [4.69, 9.17) is 5.11 Å². The Bertz CT molecular complexity index is 417. The summed E-state index contributed by atoms with van der Waals surface area (Å²) in [5.41, 5.74) is 0. The molecule has 0 saturated carbocycles. The molecule has 0 bridgehead atoms. The summed E-state index contributed by atoms with van der Waals surface area (Å²) in [5.74, 6) is 0.0497. The Morgan fingerprint density at radius 3 is 2.35 bits per heavy atom. The molecule has 1 N–H and O–H groups in total. The van der Waals surface area contributed by atoms with Gasteiger partial charge >= 0.3 is 5.97 Å². The molecule has 0 aromatic carbocycles. The van der Waals surface area contributed by atoms with Gasteiger partial charge in [0.05, 0.1) is 5.75 Å². The van der Waals surface area contributed by atoms with Crippen molar-refractivity contribution in [2.45, 2.75) is 51.7 Å². The van der Waals surface area contributed by atoms with Crippen LogP contribution in [0.15, 0.2) is 5.16 Å². The van der Waals surface area contributed by atoms with E-state index in [1.165, 1.54) is 11.8 Å². The number of carboxylic acids is 1. The maximum atomic E-state index is 10.7. The van der Waals surface area contributed by atoms with Crippen LogP contribution in [0.4, 0.5) is 5.95 Å². The third-order valence-corrected chi connectivity index (χ3v) is 3.69. The molecule has 0 amide bonds. The Morgan fingerprint density at radius 2 is 1.85 bits per heavy atom. The van der Waals surface area contributed by atoms with Gasteiger partial charge in [-0.05, 0) is 19.3 Å². The molecular weight excluding hydrogens is 276 g/mol. The Balaban J connectivity index is 2.95. The average Bonchev–Trinajstić information content (AvgIpc) is 2.79. The number of thioether (sulfide) groups is 1. The number of aliphatic carboxylic acids is 1. The van der Waals surface area contributed by atoms with Crippen LogP contribution in [0.2, 0.25) is 0 Å². The van der Waals surface area contributed by atoms with Gasteiger partial charge in [-0.1, -0.05) is 32.5 Å². The molecule has 0 unspecified atom stereocenters. The Labute approximate surface area is 124 Å². The predicted octanol–water partition coefficient (Wildman–Crippen LogP) is 2.49. The highest BCUT2D eigenvalue weighted by Gasteiger charge is 2.17. The second-order valence-corrected chi connectivity index (χ2v) is 5.55. The van der Waals surface area contributed by atoms with E-state index in [0.717, 1.165) is 44.8 Å². The van der Waals surface area contributed by atoms with Gasteiger partial charge < -0.3 is 10.0 Å². The van der Waals surface area contributed by atoms with Crippen molar-refractivity contribution in [3.63, 3.8) is 0 Å². The SMILES string of the molecule is CCCN(CCC)c1nnc(SCC(=O)O)n1CCC. The van der Waals surface area contributed by atoms with Crippen molar-refractivity contribution in [2.24, 2.45) is 0 Å². The van der Waals surface area contributed by atoms with Crippen LogP contribution in [0.1, 0.15) is 40.0 Å². The van der Waals surface area contributed by atoms with Gasteiger partial charge in [0, 0.05) is 19.6 Å². The van der Waals surface area contributed by atoms with Gasteiger partial charge in [-0.2, -0.15) is 0 Å². The van der Waals surface area contributed by atoms with Gasteiger partial charge in [-0.25, -0.2) is 0 Å². The first-order chi connectivity index (χ1) is 9.63. The lowest BCUT2D eigenvalue weighted by Crippen LogP contribution is -2.28. The molecule has 1 aromatic rings. The normalized spacial score (nSPS) is 10.8. The van der Waals surface area contributed by atoms with Gasteiger partial charge in [0.1, 0.15) is 0 Å². The van der Waals surface area contributed by atoms with Crippen LogP contribution < -0.4 is 4.90 Å². The molecule has 0 atom stereocenters. The summed E-state index contributed by atoms with van der Waals surface area (Å²) in [6, 6.07) is 0. The fraction of sp³-hybridized carbons (Fsp3) is 0.769. The number of nitrogens with zero attached hydrogens (tertiary/aromatic N) is 4. The summed E-state index contributed by atoms with van der Waals surface area (Å²) >= 11 is 1.23. The van der Waals surface area contributed by atoms with Crippen molar-refractivity contribution >= 4 is 23.7 Å². The van der Waals surface area contributed by atoms with Crippen molar-refractivity contribution in [1.82, 2.24) is 14.8 Å². The summed E-state index contributed by atoms with van der Waals surface area (Å²) in [5, 5.41) is 17.9. The van der Waals surface area contributed by atoms with Crippen molar-refractivity contribution in [3.8, 4) is 0 Å². The maximum absolute atomic E-state index is 10.7. The number of carbonyl (C=O) groups is 1. The highest BCUT2D eigenvalue weighted by Crippen LogP contribution is 2.22. The summed E-state index contributed by atoms with van der Waals surface area (Å²) in [6.07, 6.45) is 3.07. The van der Waals surface area contributed by atoms with Crippen LogP contribution in [0.3, 0.4) is 0 Å². The van der Waals surface area contributed by atoms with Gasteiger partial charge in [-0.15, -0.1) is 10.2 Å². The Hall–Kier alpha value is -1.24. The molecule has 7 heteroatoms. The van der Waals surface area contributed by atoms with Crippen molar-refractivity contribution < 1.29 is 9.90 Å². The number of carboxylic acid groups (broad SMARTS) is 1. The van der Waals surface area contributed by atoms with Crippen LogP contribution in [0.5, 0.6) is 0 Å². The Morgan fingerprint density at radius 1 is 1.20 bits per heavy atom. The van der Waals surface area contributed by atoms with Gasteiger partial charge in [0.25, 0.3) is 0 Å². The van der Waals surface area contributed by atoms with E-state index in [0.29, 0.717) is 5.16 Å².